The third kappa shape index (κ3) is 5.71. The lowest BCUT2D eigenvalue weighted by molar-refractivity contribution is -0.113. The Kier molecular flexibility index (Phi) is 7.12. The zero-order valence-corrected chi connectivity index (χ0v) is 18.1. The van der Waals surface area contributed by atoms with Gasteiger partial charge in [0.05, 0.1) is 5.75 Å². The van der Waals surface area contributed by atoms with Crippen LogP contribution in [0.3, 0.4) is 0 Å². The Morgan fingerprint density at radius 2 is 1.97 bits per heavy atom. The number of nitrogens with zero attached hydrogens (tertiary/aromatic N) is 3. The number of allylic oxidation sites excluding steroid dienone is 1. The number of thioether (sulfide) groups is 1. The first kappa shape index (κ1) is 21.1. The first-order valence-corrected chi connectivity index (χ1v) is 10.6. The Morgan fingerprint density at radius 1 is 1.21 bits per heavy atom. The van der Waals surface area contributed by atoms with Gasteiger partial charge in [-0.05, 0) is 48.7 Å². The largest absolute Gasteiger partial charge is 0.325 e. The predicted molar refractivity (Wildman–Crippen MR) is 120 cm³/mol. The summed E-state index contributed by atoms with van der Waals surface area (Å²) >= 11 is 7.33. The number of aryl methyl sites for hydroxylation is 2. The van der Waals surface area contributed by atoms with E-state index in [1.54, 1.807) is 6.08 Å². The Morgan fingerprint density at radius 3 is 2.69 bits per heavy atom. The van der Waals surface area contributed by atoms with Crippen LogP contribution in [0.5, 0.6) is 0 Å². The van der Waals surface area contributed by atoms with Crippen molar-refractivity contribution in [2.24, 2.45) is 0 Å². The van der Waals surface area contributed by atoms with E-state index >= 15 is 0 Å². The van der Waals surface area contributed by atoms with Gasteiger partial charge in [-0.3, -0.25) is 4.79 Å². The highest BCUT2D eigenvalue weighted by Gasteiger charge is 2.14. The van der Waals surface area contributed by atoms with Gasteiger partial charge in [0.1, 0.15) is 5.82 Å². The maximum Gasteiger partial charge on any atom is 0.234 e. The number of aromatic nitrogens is 3. The molecule has 0 saturated heterocycles. The van der Waals surface area contributed by atoms with Crippen molar-refractivity contribution < 1.29 is 4.79 Å². The van der Waals surface area contributed by atoms with Crippen molar-refractivity contribution in [3.05, 3.63) is 82.7 Å². The van der Waals surface area contributed by atoms with E-state index in [1.807, 2.05) is 60.9 Å². The van der Waals surface area contributed by atoms with E-state index in [0.29, 0.717) is 23.1 Å². The summed E-state index contributed by atoms with van der Waals surface area (Å²) in [5.41, 5.74) is 4.08. The summed E-state index contributed by atoms with van der Waals surface area (Å²) in [5.74, 6) is 1.00. The topological polar surface area (TPSA) is 59.8 Å². The molecule has 0 aliphatic carbocycles. The van der Waals surface area contributed by atoms with Gasteiger partial charge < -0.3 is 9.88 Å². The number of carbonyl (C=O) groups excluding carboxylic acids is 1. The van der Waals surface area contributed by atoms with Gasteiger partial charge in [0.2, 0.25) is 5.91 Å². The van der Waals surface area contributed by atoms with Crippen LogP contribution >= 0.6 is 23.4 Å². The number of halogens is 1. The van der Waals surface area contributed by atoms with Crippen LogP contribution < -0.4 is 5.32 Å². The summed E-state index contributed by atoms with van der Waals surface area (Å²) in [7, 11) is 0. The normalized spacial score (nSPS) is 10.7. The van der Waals surface area contributed by atoms with E-state index in [0.717, 1.165) is 28.2 Å². The molecule has 5 nitrogen and oxygen atoms in total. The van der Waals surface area contributed by atoms with Gasteiger partial charge in [0.15, 0.2) is 5.16 Å². The highest BCUT2D eigenvalue weighted by atomic mass is 35.5. The second kappa shape index (κ2) is 9.76. The Balaban J connectivity index is 1.67. The number of nitrogens with one attached hydrogen (secondary N) is 1. The molecule has 0 atom stereocenters. The van der Waals surface area contributed by atoms with Gasteiger partial charge in [0, 0.05) is 23.7 Å². The molecule has 7 heteroatoms. The Labute approximate surface area is 180 Å². The van der Waals surface area contributed by atoms with E-state index in [4.69, 9.17) is 11.6 Å². The summed E-state index contributed by atoms with van der Waals surface area (Å²) in [6, 6.07) is 13.7. The fourth-order valence-electron chi connectivity index (χ4n) is 2.84. The van der Waals surface area contributed by atoms with Crippen molar-refractivity contribution in [3.63, 3.8) is 0 Å². The highest BCUT2D eigenvalue weighted by molar-refractivity contribution is 7.99. The summed E-state index contributed by atoms with van der Waals surface area (Å²) in [6.45, 7) is 8.39. The molecule has 2 aromatic carbocycles. The van der Waals surface area contributed by atoms with E-state index in [2.05, 4.69) is 22.1 Å². The van der Waals surface area contributed by atoms with Gasteiger partial charge in [-0.1, -0.05) is 53.7 Å². The number of hydrogen-bond donors (Lipinski definition) is 1. The van der Waals surface area contributed by atoms with Gasteiger partial charge in [-0.2, -0.15) is 0 Å². The number of carbonyl (C=O) groups is 1. The molecule has 1 aromatic heterocycles. The highest BCUT2D eigenvalue weighted by Crippen LogP contribution is 2.21. The smallest absolute Gasteiger partial charge is 0.234 e. The molecule has 0 fully saturated rings. The van der Waals surface area contributed by atoms with Crippen LogP contribution in [0, 0.1) is 13.8 Å². The molecule has 150 valence electrons. The van der Waals surface area contributed by atoms with Crippen molar-refractivity contribution in [1.29, 1.82) is 0 Å². The standard InChI is InChI=1S/C22H23ClN4OS/c1-4-11-27-20(13-17-7-9-18(23)10-8-17)25-26-22(27)29-14-21(28)24-19-12-15(2)5-6-16(19)3/h4-10,12H,1,11,13-14H2,2-3H3,(H,24,28). The van der Waals surface area contributed by atoms with Gasteiger partial charge in [0.25, 0.3) is 0 Å². The van der Waals surface area contributed by atoms with Crippen LogP contribution in [0.4, 0.5) is 5.69 Å². The van der Waals surface area contributed by atoms with Crippen LogP contribution in [0.1, 0.15) is 22.5 Å². The van der Waals surface area contributed by atoms with Gasteiger partial charge in [-0.15, -0.1) is 16.8 Å². The number of rotatable bonds is 8. The summed E-state index contributed by atoms with van der Waals surface area (Å²) in [6.07, 6.45) is 2.43. The zero-order chi connectivity index (χ0) is 20.8. The first-order valence-electron chi connectivity index (χ1n) is 9.23. The second-order valence-electron chi connectivity index (χ2n) is 6.76. The molecule has 1 amide bonds. The van der Waals surface area contributed by atoms with Gasteiger partial charge in [-0.25, -0.2) is 0 Å². The average molecular weight is 427 g/mol. The molecule has 1 heterocycles. The fraction of sp³-hybridized carbons (Fsp3) is 0.227. The van der Waals surface area contributed by atoms with E-state index in [-0.39, 0.29) is 11.7 Å². The van der Waals surface area contributed by atoms with Gasteiger partial charge >= 0.3 is 0 Å². The molecular weight excluding hydrogens is 404 g/mol. The number of hydrogen-bond acceptors (Lipinski definition) is 4. The second-order valence-corrected chi connectivity index (χ2v) is 8.14. The SMILES string of the molecule is C=CCn1c(Cc2ccc(Cl)cc2)nnc1SCC(=O)Nc1cc(C)ccc1C. The van der Waals surface area contributed by atoms with Crippen LogP contribution in [-0.4, -0.2) is 26.4 Å². The minimum absolute atomic E-state index is 0.0731. The number of amides is 1. The van der Waals surface area contributed by atoms with Crippen molar-refractivity contribution in [2.45, 2.75) is 32.0 Å². The lowest BCUT2D eigenvalue weighted by atomic mass is 10.1. The maximum absolute atomic E-state index is 12.4. The third-order valence-electron chi connectivity index (χ3n) is 4.38. The molecule has 3 aromatic rings. The Bertz CT molecular complexity index is 1010. The van der Waals surface area contributed by atoms with Crippen molar-refractivity contribution in [3.8, 4) is 0 Å². The average Bonchev–Trinajstić information content (AvgIpc) is 3.07. The number of benzene rings is 2. The van der Waals surface area contributed by atoms with Crippen LogP contribution in [0.15, 0.2) is 60.3 Å². The first-order chi connectivity index (χ1) is 14.0. The minimum atomic E-state index is -0.0731. The molecular formula is C22H23ClN4OS. The summed E-state index contributed by atoms with van der Waals surface area (Å²) < 4.78 is 1.98. The molecule has 0 aliphatic heterocycles. The van der Waals surface area contributed by atoms with Crippen LogP contribution in [0.25, 0.3) is 0 Å². The molecule has 0 radical (unpaired) electrons. The fourth-order valence-corrected chi connectivity index (χ4v) is 3.73. The van der Waals surface area contributed by atoms with Crippen molar-refractivity contribution >= 4 is 35.0 Å². The summed E-state index contributed by atoms with van der Waals surface area (Å²) in [4.78, 5) is 12.4. The van der Waals surface area contributed by atoms with Crippen LogP contribution in [0.2, 0.25) is 5.02 Å². The van der Waals surface area contributed by atoms with Crippen LogP contribution in [-0.2, 0) is 17.8 Å². The monoisotopic (exact) mass is 426 g/mol. The molecule has 0 aliphatic rings. The van der Waals surface area contributed by atoms with E-state index in [1.165, 1.54) is 11.8 Å². The predicted octanol–water partition coefficient (Wildman–Crippen LogP) is 5.06. The lowest BCUT2D eigenvalue weighted by Gasteiger charge is -2.10. The quantitative estimate of drug-likeness (QED) is 0.404. The maximum atomic E-state index is 12.4. The Hall–Kier alpha value is -2.57. The zero-order valence-electron chi connectivity index (χ0n) is 16.5. The molecule has 1 N–H and O–H groups in total. The summed E-state index contributed by atoms with van der Waals surface area (Å²) in [5, 5.41) is 13.0. The molecule has 0 spiro atoms. The van der Waals surface area contributed by atoms with Crippen molar-refractivity contribution in [2.75, 3.05) is 11.1 Å². The molecule has 29 heavy (non-hydrogen) atoms. The third-order valence-corrected chi connectivity index (χ3v) is 5.60. The molecule has 3 rings (SSSR count). The van der Waals surface area contributed by atoms with Crippen molar-refractivity contribution in [1.82, 2.24) is 14.8 Å². The molecule has 0 unspecified atom stereocenters. The van der Waals surface area contributed by atoms with E-state index in [9.17, 15) is 4.79 Å². The van der Waals surface area contributed by atoms with E-state index < -0.39 is 0 Å². The minimum Gasteiger partial charge on any atom is -0.325 e. The number of anilines is 1. The lowest BCUT2D eigenvalue weighted by Crippen LogP contribution is -2.15. The molecule has 0 saturated carbocycles. The molecule has 0 bridgehead atoms.